The number of carbonyl (C=O) groups is 1. The second-order valence-corrected chi connectivity index (χ2v) is 5.99. The van der Waals surface area contributed by atoms with Crippen molar-refractivity contribution in [3.8, 4) is 5.75 Å². The molecule has 1 aromatic rings. The van der Waals surface area contributed by atoms with Crippen molar-refractivity contribution < 1.29 is 9.53 Å². The molecule has 114 valence electrons. The Morgan fingerprint density at radius 3 is 2.24 bits per heavy atom. The number of hydrogen-bond acceptors (Lipinski definition) is 4. The van der Waals surface area contributed by atoms with Gasteiger partial charge < -0.3 is 20.3 Å². The maximum Gasteiger partial charge on any atom is 0.242 e. The Balaban J connectivity index is 1.58. The van der Waals surface area contributed by atoms with Crippen LogP contribution in [0.1, 0.15) is 19.3 Å². The van der Waals surface area contributed by atoms with Crippen molar-refractivity contribution in [1.82, 2.24) is 4.90 Å². The van der Waals surface area contributed by atoms with E-state index in [9.17, 15) is 4.79 Å². The van der Waals surface area contributed by atoms with E-state index in [1.54, 1.807) is 7.11 Å². The minimum Gasteiger partial charge on any atom is -0.497 e. The van der Waals surface area contributed by atoms with Crippen LogP contribution in [0.4, 0.5) is 5.69 Å². The number of ether oxygens (including phenoxy) is 1. The van der Waals surface area contributed by atoms with Gasteiger partial charge in [-0.2, -0.15) is 0 Å². The van der Waals surface area contributed by atoms with Gasteiger partial charge in [-0.25, -0.2) is 0 Å². The van der Waals surface area contributed by atoms with Crippen molar-refractivity contribution >= 4 is 11.6 Å². The van der Waals surface area contributed by atoms with Gasteiger partial charge in [-0.05, 0) is 43.5 Å². The van der Waals surface area contributed by atoms with Crippen LogP contribution in [0.5, 0.6) is 5.75 Å². The van der Waals surface area contributed by atoms with Gasteiger partial charge in [0.05, 0.1) is 12.6 Å². The molecule has 1 saturated heterocycles. The molecule has 0 aromatic heterocycles. The molecule has 3 rings (SSSR count). The molecule has 1 aliphatic carbocycles. The summed E-state index contributed by atoms with van der Waals surface area (Å²) in [6.07, 6.45) is 2.75. The maximum absolute atomic E-state index is 12.4. The number of benzene rings is 1. The van der Waals surface area contributed by atoms with E-state index in [4.69, 9.17) is 10.5 Å². The quantitative estimate of drug-likeness (QED) is 0.909. The minimum atomic E-state index is -0.567. The van der Waals surface area contributed by atoms with Crippen LogP contribution in [0.25, 0.3) is 0 Å². The van der Waals surface area contributed by atoms with E-state index >= 15 is 0 Å². The average molecular weight is 289 g/mol. The monoisotopic (exact) mass is 289 g/mol. The zero-order chi connectivity index (χ0) is 14.9. The van der Waals surface area contributed by atoms with E-state index in [-0.39, 0.29) is 5.91 Å². The predicted molar refractivity (Wildman–Crippen MR) is 82.6 cm³/mol. The Labute approximate surface area is 125 Å². The summed E-state index contributed by atoms with van der Waals surface area (Å²) in [5.41, 5.74) is 6.74. The molecule has 0 unspecified atom stereocenters. The first-order valence-electron chi connectivity index (χ1n) is 7.60. The van der Waals surface area contributed by atoms with Gasteiger partial charge in [-0.15, -0.1) is 0 Å². The second kappa shape index (κ2) is 5.56. The molecule has 1 saturated carbocycles. The largest absolute Gasteiger partial charge is 0.497 e. The summed E-state index contributed by atoms with van der Waals surface area (Å²) in [5, 5.41) is 0. The molecule has 0 radical (unpaired) electrons. The summed E-state index contributed by atoms with van der Waals surface area (Å²) >= 11 is 0. The van der Waals surface area contributed by atoms with Crippen LogP contribution < -0.4 is 15.4 Å². The van der Waals surface area contributed by atoms with Crippen molar-refractivity contribution in [2.75, 3.05) is 38.2 Å². The molecular weight excluding hydrogens is 266 g/mol. The fourth-order valence-corrected chi connectivity index (χ4v) is 3.05. The number of methoxy groups -OCH3 is 1. The van der Waals surface area contributed by atoms with Crippen LogP contribution >= 0.6 is 0 Å². The van der Waals surface area contributed by atoms with Crippen LogP contribution in [0.3, 0.4) is 0 Å². The van der Waals surface area contributed by atoms with Crippen LogP contribution in [0.2, 0.25) is 0 Å². The SMILES string of the molecule is COc1ccc(N2CCN(C(=O)C3(N)CCC3)CC2)cc1. The van der Waals surface area contributed by atoms with Crippen molar-refractivity contribution in [2.45, 2.75) is 24.8 Å². The number of amides is 1. The molecule has 1 aromatic carbocycles. The van der Waals surface area contributed by atoms with E-state index in [1.165, 1.54) is 5.69 Å². The van der Waals surface area contributed by atoms with E-state index in [2.05, 4.69) is 17.0 Å². The zero-order valence-corrected chi connectivity index (χ0v) is 12.5. The molecule has 5 nitrogen and oxygen atoms in total. The normalized spacial score (nSPS) is 20.9. The van der Waals surface area contributed by atoms with Crippen LogP contribution in [-0.4, -0.2) is 49.6 Å². The van der Waals surface area contributed by atoms with Gasteiger partial charge in [0.15, 0.2) is 0 Å². The number of hydrogen-bond donors (Lipinski definition) is 1. The third-order valence-corrected chi connectivity index (χ3v) is 4.68. The summed E-state index contributed by atoms with van der Waals surface area (Å²) in [5.74, 6) is 1.01. The molecule has 0 atom stereocenters. The number of piperazine rings is 1. The van der Waals surface area contributed by atoms with Gasteiger partial charge in [-0.3, -0.25) is 4.79 Å². The highest BCUT2D eigenvalue weighted by molar-refractivity contribution is 5.87. The molecule has 2 N–H and O–H groups in total. The molecular formula is C16H23N3O2. The lowest BCUT2D eigenvalue weighted by Crippen LogP contribution is -2.62. The molecule has 1 aliphatic heterocycles. The van der Waals surface area contributed by atoms with Crippen LogP contribution in [-0.2, 0) is 4.79 Å². The Morgan fingerprint density at radius 2 is 1.76 bits per heavy atom. The van der Waals surface area contributed by atoms with E-state index < -0.39 is 5.54 Å². The molecule has 0 bridgehead atoms. The highest BCUT2D eigenvalue weighted by Gasteiger charge is 2.43. The van der Waals surface area contributed by atoms with Crippen molar-refractivity contribution in [3.63, 3.8) is 0 Å². The number of rotatable bonds is 3. The Bertz CT molecular complexity index is 503. The second-order valence-electron chi connectivity index (χ2n) is 5.99. The Morgan fingerprint density at radius 1 is 1.14 bits per heavy atom. The maximum atomic E-state index is 12.4. The summed E-state index contributed by atoms with van der Waals surface area (Å²) < 4.78 is 5.18. The fourth-order valence-electron chi connectivity index (χ4n) is 3.05. The van der Waals surface area contributed by atoms with Gasteiger partial charge in [0.25, 0.3) is 0 Å². The molecule has 5 heteroatoms. The van der Waals surface area contributed by atoms with Crippen LogP contribution in [0, 0.1) is 0 Å². The molecule has 1 heterocycles. The summed E-state index contributed by atoms with van der Waals surface area (Å²) in [7, 11) is 1.67. The minimum absolute atomic E-state index is 0.142. The smallest absolute Gasteiger partial charge is 0.242 e. The zero-order valence-electron chi connectivity index (χ0n) is 12.5. The van der Waals surface area contributed by atoms with Gasteiger partial charge >= 0.3 is 0 Å². The highest BCUT2D eigenvalue weighted by Crippen LogP contribution is 2.31. The molecule has 2 fully saturated rings. The van der Waals surface area contributed by atoms with Crippen molar-refractivity contribution in [2.24, 2.45) is 5.73 Å². The average Bonchev–Trinajstić information content (AvgIpc) is 2.52. The first-order valence-corrected chi connectivity index (χ1v) is 7.60. The summed E-state index contributed by atoms with van der Waals surface area (Å²) in [6, 6.07) is 8.06. The standard InChI is InChI=1S/C16H23N3O2/c1-21-14-5-3-13(4-6-14)18-9-11-19(12-10-18)15(20)16(17)7-2-8-16/h3-6H,2,7-12,17H2,1H3. The number of carbonyl (C=O) groups excluding carboxylic acids is 1. The molecule has 0 spiro atoms. The highest BCUT2D eigenvalue weighted by atomic mass is 16.5. The van der Waals surface area contributed by atoms with Gasteiger partial charge in [0, 0.05) is 31.9 Å². The lowest BCUT2D eigenvalue weighted by atomic mass is 9.76. The Kier molecular flexibility index (Phi) is 3.76. The first-order chi connectivity index (χ1) is 10.1. The fraction of sp³-hybridized carbons (Fsp3) is 0.562. The van der Waals surface area contributed by atoms with Gasteiger partial charge in [-0.1, -0.05) is 0 Å². The van der Waals surface area contributed by atoms with Crippen molar-refractivity contribution in [1.29, 1.82) is 0 Å². The molecule has 21 heavy (non-hydrogen) atoms. The first kappa shape index (κ1) is 14.2. The van der Waals surface area contributed by atoms with Crippen LogP contribution in [0.15, 0.2) is 24.3 Å². The third-order valence-electron chi connectivity index (χ3n) is 4.68. The van der Waals surface area contributed by atoms with Gasteiger partial charge in [0.1, 0.15) is 5.75 Å². The van der Waals surface area contributed by atoms with E-state index in [0.29, 0.717) is 0 Å². The lowest BCUT2D eigenvalue weighted by molar-refractivity contribution is -0.140. The summed E-state index contributed by atoms with van der Waals surface area (Å²) in [4.78, 5) is 16.6. The molecule has 2 aliphatic rings. The van der Waals surface area contributed by atoms with Crippen molar-refractivity contribution in [3.05, 3.63) is 24.3 Å². The van der Waals surface area contributed by atoms with E-state index in [1.807, 2.05) is 17.0 Å². The number of anilines is 1. The van der Waals surface area contributed by atoms with E-state index in [0.717, 1.165) is 51.2 Å². The predicted octanol–water partition coefficient (Wildman–Crippen LogP) is 1.23. The molecule has 1 amide bonds. The topological polar surface area (TPSA) is 58.8 Å². The number of nitrogens with two attached hydrogens (primary N) is 1. The lowest BCUT2D eigenvalue weighted by Gasteiger charge is -2.43. The number of nitrogens with zero attached hydrogens (tertiary/aromatic N) is 2. The third kappa shape index (κ3) is 2.70. The summed E-state index contributed by atoms with van der Waals surface area (Å²) in [6.45, 7) is 3.22. The Hall–Kier alpha value is -1.75. The van der Waals surface area contributed by atoms with Gasteiger partial charge in [0.2, 0.25) is 5.91 Å².